The Morgan fingerprint density at radius 3 is 2.76 bits per heavy atom. The lowest BCUT2D eigenvalue weighted by Crippen LogP contribution is -2.61. The summed E-state index contributed by atoms with van der Waals surface area (Å²) in [5, 5.41) is 12.6. The van der Waals surface area contributed by atoms with Crippen LogP contribution in [-0.4, -0.2) is 53.0 Å². The van der Waals surface area contributed by atoms with Crippen LogP contribution in [0.5, 0.6) is 0 Å². The Morgan fingerprint density at radius 1 is 1.47 bits per heavy atom. The number of fused-ring (bicyclic) bond motifs is 2. The molecule has 3 atom stereocenters. The molecule has 0 radical (unpaired) electrons. The summed E-state index contributed by atoms with van der Waals surface area (Å²) in [7, 11) is 0. The van der Waals surface area contributed by atoms with Gasteiger partial charge in [0.15, 0.2) is 0 Å². The molecule has 0 spiro atoms. The van der Waals surface area contributed by atoms with Crippen molar-refractivity contribution in [2.45, 2.75) is 57.3 Å². The van der Waals surface area contributed by atoms with Crippen molar-refractivity contribution in [1.29, 1.82) is 0 Å². The van der Waals surface area contributed by atoms with Gasteiger partial charge in [0.2, 0.25) is 0 Å². The third-order valence-electron chi connectivity index (χ3n) is 3.43. The molecule has 17 heavy (non-hydrogen) atoms. The van der Waals surface area contributed by atoms with Gasteiger partial charge in [0, 0.05) is 12.6 Å². The van der Waals surface area contributed by atoms with E-state index in [1.807, 2.05) is 25.7 Å². The van der Waals surface area contributed by atoms with Crippen molar-refractivity contribution in [3.63, 3.8) is 0 Å². The molecule has 2 heterocycles. The van der Waals surface area contributed by atoms with Gasteiger partial charge in [0.25, 0.3) is 0 Å². The Labute approximate surface area is 102 Å². The molecule has 0 aromatic rings. The molecule has 5 heteroatoms. The van der Waals surface area contributed by atoms with Crippen molar-refractivity contribution in [3.8, 4) is 0 Å². The van der Waals surface area contributed by atoms with Crippen molar-refractivity contribution >= 4 is 6.09 Å². The topological polar surface area (TPSA) is 61.8 Å². The Hall–Kier alpha value is -0.810. The van der Waals surface area contributed by atoms with Gasteiger partial charge < -0.3 is 15.2 Å². The third kappa shape index (κ3) is 2.55. The zero-order valence-corrected chi connectivity index (χ0v) is 10.8. The molecular formula is C12H22N2O3. The van der Waals surface area contributed by atoms with Crippen LogP contribution in [0.1, 0.15) is 33.6 Å². The summed E-state index contributed by atoms with van der Waals surface area (Å²) in [6.45, 7) is 6.44. The lowest BCUT2D eigenvalue weighted by molar-refractivity contribution is 0.000412. The predicted molar refractivity (Wildman–Crippen MR) is 63.8 cm³/mol. The molecule has 0 saturated carbocycles. The van der Waals surface area contributed by atoms with Gasteiger partial charge in [-0.25, -0.2) is 4.79 Å². The summed E-state index contributed by atoms with van der Waals surface area (Å²) < 4.78 is 5.43. The second-order valence-corrected chi connectivity index (χ2v) is 5.88. The van der Waals surface area contributed by atoms with Crippen LogP contribution in [0.2, 0.25) is 0 Å². The molecule has 2 bridgehead atoms. The maximum Gasteiger partial charge on any atom is 0.410 e. The normalized spacial score (nSPS) is 32.7. The molecule has 98 valence electrons. The van der Waals surface area contributed by atoms with Crippen molar-refractivity contribution in [1.82, 2.24) is 10.2 Å². The second-order valence-electron chi connectivity index (χ2n) is 5.88. The van der Waals surface area contributed by atoms with E-state index < -0.39 is 5.60 Å². The Bertz CT molecular complexity index is 301. The number of carbonyl (C=O) groups excluding carboxylic acids is 1. The molecule has 5 nitrogen and oxygen atoms in total. The third-order valence-corrected chi connectivity index (χ3v) is 3.43. The van der Waals surface area contributed by atoms with Gasteiger partial charge in [-0.2, -0.15) is 0 Å². The fraction of sp³-hybridized carbons (Fsp3) is 0.917. The van der Waals surface area contributed by atoms with Crippen LogP contribution in [0.25, 0.3) is 0 Å². The molecule has 2 saturated heterocycles. The van der Waals surface area contributed by atoms with E-state index in [9.17, 15) is 9.90 Å². The fourth-order valence-electron chi connectivity index (χ4n) is 2.72. The van der Waals surface area contributed by atoms with E-state index in [1.54, 1.807) is 0 Å². The molecule has 2 aliphatic heterocycles. The van der Waals surface area contributed by atoms with Crippen LogP contribution >= 0.6 is 0 Å². The van der Waals surface area contributed by atoms with E-state index in [-0.39, 0.29) is 30.8 Å². The highest BCUT2D eigenvalue weighted by Crippen LogP contribution is 2.31. The fourth-order valence-corrected chi connectivity index (χ4v) is 2.72. The van der Waals surface area contributed by atoms with Gasteiger partial charge in [0.1, 0.15) is 5.60 Å². The highest BCUT2D eigenvalue weighted by molar-refractivity contribution is 5.70. The van der Waals surface area contributed by atoms with Gasteiger partial charge in [-0.15, -0.1) is 0 Å². The van der Waals surface area contributed by atoms with Crippen LogP contribution in [0.15, 0.2) is 0 Å². The van der Waals surface area contributed by atoms with Crippen LogP contribution in [0.3, 0.4) is 0 Å². The molecule has 2 rings (SSSR count). The van der Waals surface area contributed by atoms with E-state index in [1.165, 1.54) is 0 Å². The number of hydrogen-bond donors (Lipinski definition) is 2. The minimum absolute atomic E-state index is 0.0127. The number of piperazine rings is 1. The number of amides is 1. The number of carbonyl (C=O) groups is 1. The summed E-state index contributed by atoms with van der Waals surface area (Å²) >= 11 is 0. The summed E-state index contributed by atoms with van der Waals surface area (Å²) in [4.78, 5) is 14.0. The van der Waals surface area contributed by atoms with E-state index in [4.69, 9.17) is 4.74 Å². The molecule has 2 aliphatic rings. The monoisotopic (exact) mass is 242 g/mol. The van der Waals surface area contributed by atoms with Crippen molar-refractivity contribution in [3.05, 3.63) is 0 Å². The molecule has 0 aromatic carbocycles. The minimum Gasteiger partial charge on any atom is -0.444 e. The quantitative estimate of drug-likeness (QED) is 0.711. The van der Waals surface area contributed by atoms with Crippen molar-refractivity contribution < 1.29 is 14.6 Å². The van der Waals surface area contributed by atoms with Crippen LogP contribution in [0, 0.1) is 0 Å². The lowest BCUT2D eigenvalue weighted by Gasteiger charge is -2.40. The maximum absolute atomic E-state index is 12.1. The highest BCUT2D eigenvalue weighted by Gasteiger charge is 2.45. The molecule has 0 aliphatic carbocycles. The molecule has 1 amide bonds. The number of rotatable bonds is 1. The first-order valence-corrected chi connectivity index (χ1v) is 6.28. The van der Waals surface area contributed by atoms with E-state index in [0.717, 1.165) is 19.4 Å². The SMILES string of the molecule is CC(C)(C)OC(=O)N1[C@H]2CC[C@@H]1[C@@H](CO)NC2. The predicted octanol–water partition coefficient (Wildman–Crippen LogP) is 0.719. The smallest absolute Gasteiger partial charge is 0.410 e. The molecule has 2 N–H and O–H groups in total. The van der Waals surface area contributed by atoms with E-state index in [0.29, 0.717) is 0 Å². The minimum atomic E-state index is -0.462. The van der Waals surface area contributed by atoms with Gasteiger partial charge >= 0.3 is 6.09 Å². The summed E-state index contributed by atoms with van der Waals surface area (Å²) in [6, 6.07) is 0.285. The number of hydrogen-bond acceptors (Lipinski definition) is 4. The highest BCUT2D eigenvalue weighted by atomic mass is 16.6. The van der Waals surface area contributed by atoms with Crippen LogP contribution in [-0.2, 0) is 4.74 Å². The number of nitrogens with zero attached hydrogens (tertiary/aromatic N) is 1. The van der Waals surface area contributed by atoms with E-state index in [2.05, 4.69) is 5.32 Å². The van der Waals surface area contributed by atoms with Crippen LogP contribution in [0.4, 0.5) is 4.79 Å². The second kappa shape index (κ2) is 4.46. The first-order valence-electron chi connectivity index (χ1n) is 6.28. The standard InChI is InChI=1S/C12H22N2O3/c1-12(2,3)17-11(16)14-8-4-5-10(14)9(7-15)13-6-8/h8-10,13,15H,4-7H2,1-3H3/t8-,9+,10+/m0/s1. The van der Waals surface area contributed by atoms with Crippen molar-refractivity contribution in [2.75, 3.05) is 13.2 Å². The first kappa shape index (κ1) is 12.6. The van der Waals surface area contributed by atoms with Crippen molar-refractivity contribution in [2.24, 2.45) is 0 Å². The average molecular weight is 242 g/mol. The molecule has 0 unspecified atom stereocenters. The number of nitrogens with one attached hydrogen (secondary N) is 1. The largest absolute Gasteiger partial charge is 0.444 e. The van der Waals surface area contributed by atoms with Gasteiger partial charge in [-0.1, -0.05) is 0 Å². The average Bonchev–Trinajstić information content (AvgIpc) is 2.52. The lowest BCUT2D eigenvalue weighted by atomic mass is 10.1. The Balaban J connectivity index is 2.07. The van der Waals surface area contributed by atoms with Gasteiger partial charge in [-0.3, -0.25) is 4.90 Å². The Kier molecular flexibility index (Phi) is 3.32. The number of aliphatic hydroxyl groups excluding tert-OH is 1. The summed E-state index contributed by atoms with van der Waals surface area (Å²) in [5.74, 6) is 0. The zero-order valence-electron chi connectivity index (χ0n) is 10.8. The van der Waals surface area contributed by atoms with Gasteiger partial charge in [0.05, 0.1) is 18.7 Å². The molecular weight excluding hydrogens is 220 g/mol. The van der Waals surface area contributed by atoms with E-state index >= 15 is 0 Å². The Morgan fingerprint density at radius 2 is 2.18 bits per heavy atom. The summed E-state index contributed by atoms with van der Waals surface area (Å²) in [6.07, 6.45) is 1.69. The zero-order chi connectivity index (χ0) is 12.6. The van der Waals surface area contributed by atoms with Gasteiger partial charge in [-0.05, 0) is 33.6 Å². The molecule has 0 aromatic heterocycles. The first-order chi connectivity index (χ1) is 7.92. The maximum atomic E-state index is 12.1. The number of ether oxygens (including phenoxy) is 1. The summed E-state index contributed by atoms with van der Waals surface area (Å²) in [5.41, 5.74) is -0.462. The van der Waals surface area contributed by atoms with Crippen LogP contribution < -0.4 is 5.32 Å². The number of aliphatic hydroxyl groups is 1. The molecule has 2 fully saturated rings.